The number of anilines is 1. The molecule has 1 atom stereocenters. The summed E-state index contributed by atoms with van der Waals surface area (Å²) in [5, 5.41) is 8.16. The molecule has 0 saturated heterocycles. The number of halogens is 1. The zero-order chi connectivity index (χ0) is 20.5. The van der Waals surface area contributed by atoms with Crippen LogP contribution >= 0.6 is 11.6 Å². The Labute approximate surface area is 176 Å². The van der Waals surface area contributed by atoms with Gasteiger partial charge in [-0.3, -0.25) is 9.00 Å². The number of nitrogens with zero attached hydrogens (tertiary/aromatic N) is 2. The highest BCUT2D eigenvalue weighted by Crippen LogP contribution is 2.32. The first-order valence-electron chi connectivity index (χ1n) is 9.13. The van der Waals surface area contributed by atoms with Gasteiger partial charge in [-0.15, -0.1) is 0 Å². The van der Waals surface area contributed by atoms with Crippen molar-refractivity contribution in [2.45, 2.75) is 25.4 Å². The van der Waals surface area contributed by atoms with Crippen LogP contribution in [0.5, 0.6) is 5.75 Å². The molecule has 0 saturated carbocycles. The Kier molecular flexibility index (Phi) is 5.43. The van der Waals surface area contributed by atoms with Crippen molar-refractivity contribution in [3.63, 3.8) is 0 Å². The van der Waals surface area contributed by atoms with Gasteiger partial charge in [-0.05, 0) is 55.3 Å². The number of amides is 1. The fourth-order valence-corrected chi connectivity index (χ4v) is 4.63. The number of carbonyl (C=O) groups is 1. The molecule has 1 aliphatic heterocycles. The second kappa shape index (κ2) is 8.00. The zero-order valence-electron chi connectivity index (χ0n) is 16.1. The van der Waals surface area contributed by atoms with E-state index in [0.717, 1.165) is 28.1 Å². The number of carbonyl (C=O) groups excluding carboxylic acids is 1. The summed E-state index contributed by atoms with van der Waals surface area (Å²) in [7, 11) is -0.994. The molecule has 2 aromatic carbocycles. The lowest BCUT2D eigenvalue weighted by atomic mass is 10.1. The van der Waals surface area contributed by atoms with Gasteiger partial charge < -0.3 is 10.1 Å². The molecule has 0 bridgehead atoms. The number of benzene rings is 2. The molecular weight excluding hydrogens is 410 g/mol. The first-order valence-corrected chi connectivity index (χ1v) is 11.0. The standard InChI is InChI=1S/C21H20ClN3O3S/c1-13-4-3-5-19(14(13)2)25-21(17-11-29(27)12-18(17)24-25)23-20(26)10-28-16-8-6-15(22)7-9-16/h3-9H,10-12H2,1-2H3,(H,23,26)/t29-/m1/s1. The highest BCUT2D eigenvalue weighted by atomic mass is 35.5. The number of rotatable bonds is 5. The van der Waals surface area contributed by atoms with Crippen LogP contribution in [0, 0.1) is 13.8 Å². The van der Waals surface area contributed by atoms with E-state index < -0.39 is 10.8 Å². The summed E-state index contributed by atoms with van der Waals surface area (Å²) in [6, 6.07) is 12.8. The highest BCUT2D eigenvalue weighted by Gasteiger charge is 2.28. The molecule has 3 aromatic rings. The lowest BCUT2D eigenvalue weighted by Gasteiger charge is -2.14. The minimum atomic E-state index is -0.994. The Hall–Kier alpha value is -2.64. The minimum absolute atomic E-state index is 0.155. The first-order chi connectivity index (χ1) is 13.9. The Morgan fingerprint density at radius 3 is 2.72 bits per heavy atom. The van der Waals surface area contributed by atoms with Gasteiger partial charge in [0.15, 0.2) is 6.61 Å². The van der Waals surface area contributed by atoms with Crippen LogP contribution in [-0.2, 0) is 27.1 Å². The molecule has 1 amide bonds. The molecule has 6 nitrogen and oxygen atoms in total. The largest absolute Gasteiger partial charge is 0.484 e. The van der Waals surface area contributed by atoms with Gasteiger partial charge in [0.05, 0.1) is 22.9 Å². The summed E-state index contributed by atoms with van der Waals surface area (Å²) in [5.41, 5.74) is 4.68. The SMILES string of the molecule is Cc1cccc(-n2nc3c(c2NC(=O)COc2ccc(Cl)cc2)C[S@@](=O)C3)c1C. The maximum Gasteiger partial charge on any atom is 0.263 e. The summed E-state index contributed by atoms with van der Waals surface area (Å²) in [6.07, 6.45) is 0. The van der Waals surface area contributed by atoms with Crippen molar-refractivity contribution in [1.29, 1.82) is 0 Å². The molecule has 0 spiro atoms. The highest BCUT2D eigenvalue weighted by molar-refractivity contribution is 7.83. The number of nitrogens with one attached hydrogen (secondary N) is 1. The second-order valence-electron chi connectivity index (χ2n) is 6.92. The second-order valence-corrected chi connectivity index (χ2v) is 8.82. The number of aryl methyl sites for hydroxylation is 1. The predicted octanol–water partition coefficient (Wildman–Crippen LogP) is 3.92. The molecule has 1 N–H and O–H groups in total. The summed E-state index contributed by atoms with van der Waals surface area (Å²) in [4.78, 5) is 12.6. The summed E-state index contributed by atoms with van der Waals surface area (Å²) in [5.74, 6) is 1.58. The van der Waals surface area contributed by atoms with Crippen LogP contribution in [-0.4, -0.2) is 26.5 Å². The van der Waals surface area contributed by atoms with Crippen LogP contribution in [0.2, 0.25) is 5.02 Å². The number of hydrogen-bond acceptors (Lipinski definition) is 4. The van der Waals surface area contributed by atoms with Crippen molar-refractivity contribution >= 4 is 34.1 Å². The molecule has 150 valence electrons. The summed E-state index contributed by atoms with van der Waals surface area (Å²) < 4.78 is 19.3. The molecule has 8 heteroatoms. The van der Waals surface area contributed by atoms with E-state index in [0.29, 0.717) is 28.1 Å². The first kappa shape index (κ1) is 19.7. The molecule has 0 radical (unpaired) electrons. The van der Waals surface area contributed by atoms with E-state index in [2.05, 4.69) is 10.4 Å². The third kappa shape index (κ3) is 4.06. The Bertz CT molecular complexity index is 1110. The normalized spacial score (nSPS) is 15.2. The minimum Gasteiger partial charge on any atom is -0.484 e. The molecule has 29 heavy (non-hydrogen) atoms. The van der Waals surface area contributed by atoms with Gasteiger partial charge in [-0.2, -0.15) is 5.10 Å². The summed E-state index contributed by atoms with van der Waals surface area (Å²) in [6.45, 7) is 3.89. The molecule has 0 aliphatic carbocycles. The van der Waals surface area contributed by atoms with Gasteiger partial charge in [0.2, 0.25) is 0 Å². The number of aromatic nitrogens is 2. The maximum atomic E-state index is 12.6. The van der Waals surface area contributed by atoms with E-state index in [1.54, 1.807) is 28.9 Å². The van der Waals surface area contributed by atoms with Crippen LogP contribution < -0.4 is 10.1 Å². The average Bonchev–Trinajstić information content (AvgIpc) is 3.20. The predicted molar refractivity (Wildman–Crippen MR) is 114 cm³/mol. The Morgan fingerprint density at radius 2 is 1.97 bits per heavy atom. The third-order valence-electron chi connectivity index (χ3n) is 4.92. The third-order valence-corrected chi connectivity index (χ3v) is 6.37. The zero-order valence-corrected chi connectivity index (χ0v) is 17.6. The van der Waals surface area contributed by atoms with Gasteiger partial charge in [0, 0.05) is 21.4 Å². The van der Waals surface area contributed by atoms with Gasteiger partial charge in [-0.25, -0.2) is 4.68 Å². The quantitative estimate of drug-likeness (QED) is 0.667. The lowest BCUT2D eigenvalue weighted by Crippen LogP contribution is -2.23. The Morgan fingerprint density at radius 1 is 1.21 bits per heavy atom. The fraction of sp³-hybridized carbons (Fsp3) is 0.238. The maximum absolute atomic E-state index is 12.6. The Balaban J connectivity index is 1.60. The molecule has 1 aliphatic rings. The van der Waals surface area contributed by atoms with Crippen LogP contribution in [0.3, 0.4) is 0 Å². The van der Waals surface area contributed by atoms with Crippen LogP contribution in [0.4, 0.5) is 5.82 Å². The van der Waals surface area contributed by atoms with E-state index >= 15 is 0 Å². The smallest absolute Gasteiger partial charge is 0.263 e. The van der Waals surface area contributed by atoms with Crippen molar-refractivity contribution in [1.82, 2.24) is 9.78 Å². The van der Waals surface area contributed by atoms with Gasteiger partial charge in [0.25, 0.3) is 5.91 Å². The van der Waals surface area contributed by atoms with Gasteiger partial charge >= 0.3 is 0 Å². The van der Waals surface area contributed by atoms with Crippen molar-refractivity contribution < 1.29 is 13.7 Å². The van der Waals surface area contributed by atoms with Crippen molar-refractivity contribution in [2.24, 2.45) is 0 Å². The lowest BCUT2D eigenvalue weighted by molar-refractivity contribution is -0.118. The molecule has 4 rings (SSSR count). The van der Waals surface area contributed by atoms with E-state index in [9.17, 15) is 9.00 Å². The van der Waals surface area contributed by atoms with Gasteiger partial charge in [0.1, 0.15) is 11.6 Å². The topological polar surface area (TPSA) is 73.2 Å². The fourth-order valence-electron chi connectivity index (χ4n) is 3.24. The number of ether oxygens (including phenoxy) is 1. The number of fused-ring (bicyclic) bond motifs is 1. The van der Waals surface area contributed by atoms with E-state index in [4.69, 9.17) is 16.3 Å². The molecular formula is C21H20ClN3O3S. The van der Waals surface area contributed by atoms with Crippen molar-refractivity contribution in [3.05, 3.63) is 69.9 Å². The van der Waals surface area contributed by atoms with Gasteiger partial charge in [-0.1, -0.05) is 23.7 Å². The van der Waals surface area contributed by atoms with E-state index in [-0.39, 0.29) is 12.5 Å². The van der Waals surface area contributed by atoms with Crippen molar-refractivity contribution in [2.75, 3.05) is 11.9 Å². The average molecular weight is 430 g/mol. The number of hydrogen-bond donors (Lipinski definition) is 1. The molecule has 1 aromatic heterocycles. The monoisotopic (exact) mass is 429 g/mol. The van der Waals surface area contributed by atoms with Crippen LogP contribution in [0.1, 0.15) is 22.4 Å². The van der Waals surface area contributed by atoms with Crippen LogP contribution in [0.25, 0.3) is 5.69 Å². The van der Waals surface area contributed by atoms with Crippen LogP contribution in [0.15, 0.2) is 42.5 Å². The van der Waals surface area contributed by atoms with E-state index in [1.165, 1.54) is 0 Å². The molecule has 0 unspecified atom stereocenters. The molecule has 0 fully saturated rings. The van der Waals surface area contributed by atoms with Crippen molar-refractivity contribution in [3.8, 4) is 11.4 Å². The summed E-state index contributed by atoms with van der Waals surface area (Å²) >= 11 is 5.87. The van der Waals surface area contributed by atoms with E-state index in [1.807, 2.05) is 32.0 Å². The molecule has 2 heterocycles.